The lowest BCUT2D eigenvalue weighted by molar-refractivity contribution is 0.103. The third kappa shape index (κ3) is 3.54. The Hall–Kier alpha value is -0.920. The number of carbonyl (C=O) groups is 1. The molecule has 0 unspecified atom stereocenters. The average molecular weight is 299 g/mol. The summed E-state index contributed by atoms with van der Waals surface area (Å²) in [6, 6.07) is 1.87. The van der Waals surface area contributed by atoms with Gasteiger partial charge in [-0.3, -0.25) is 10.1 Å². The van der Waals surface area contributed by atoms with E-state index in [0.717, 1.165) is 22.1 Å². The second kappa shape index (κ2) is 6.31. The number of amides is 1. The van der Waals surface area contributed by atoms with Crippen molar-refractivity contribution >= 4 is 45.5 Å². The predicted octanol–water partition coefficient (Wildman–Crippen LogP) is 3.66. The van der Waals surface area contributed by atoms with Gasteiger partial charge in [-0.25, -0.2) is 0 Å². The number of hydrogen-bond acceptors (Lipinski definition) is 6. The SMILES string of the molecule is CCCSc1nnc(NC(=O)c2cc(C)cs2)s1. The van der Waals surface area contributed by atoms with Crippen LogP contribution < -0.4 is 5.32 Å². The van der Waals surface area contributed by atoms with E-state index in [2.05, 4.69) is 22.4 Å². The zero-order valence-corrected chi connectivity index (χ0v) is 12.5. The molecule has 7 heteroatoms. The Balaban J connectivity index is 1.97. The van der Waals surface area contributed by atoms with E-state index in [0.29, 0.717) is 10.0 Å². The smallest absolute Gasteiger partial charge is 0.267 e. The van der Waals surface area contributed by atoms with E-state index in [9.17, 15) is 4.79 Å². The maximum atomic E-state index is 11.9. The number of nitrogens with one attached hydrogen (secondary N) is 1. The molecule has 96 valence electrons. The summed E-state index contributed by atoms with van der Waals surface area (Å²) >= 11 is 4.52. The average Bonchev–Trinajstić information content (AvgIpc) is 2.96. The number of anilines is 1. The Bertz CT molecular complexity index is 535. The topological polar surface area (TPSA) is 54.9 Å². The standard InChI is InChI=1S/C11H13N3OS3/c1-3-4-16-11-14-13-10(18-11)12-9(15)8-5-7(2)6-17-8/h5-6H,3-4H2,1-2H3,(H,12,13,15). The van der Waals surface area contributed by atoms with Crippen molar-refractivity contribution < 1.29 is 4.79 Å². The molecule has 0 saturated heterocycles. The lowest BCUT2D eigenvalue weighted by atomic mass is 10.3. The highest BCUT2D eigenvalue weighted by molar-refractivity contribution is 8.01. The molecule has 0 aliphatic heterocycles. The molecule has 0 aliphatic carbocycles. The summed E-state index contributed by atoms with van der Waals surface area (Å²) in [6.45, 7) is 4.09. The third-order valence-corrected chi connectivity index (χ3v) is 5.24. The number of rotatable bonds is 5. The first kappa shape index (κ1) is 13.5. The number of thioether (sulfide) groups is 1. The Labute approximate surface area is 118 Å². The number of aryl methyl sites for hydroxylation is 1. The second-order valence-corrected chi connectivity index (χ2v) is 6.89. The highest BCUT2D eigenvalue weighted by atomic mass is 32.2. The molecule has 1 N–H and O–H groups in total. The molecule has 1 amide bonds. The Kier molecular flexibility index (Phi) is 4.73. The first-order valence-electron chi connectivity index (χ1n) is 5.52. The molecule has 0 fully saturated rings. The van der Waals surface area contributed by atoms with Crippen LogP contribution in [-0.2, 0) is 0 Å². The fraction of sp³-hybridized carbons (Fsp3) is 0.364. The van der Waals surface area contributed by atoms with Gasteiger partial charge in [0.15, 0.2) is 4.34 Å². The molecule has 0 aromatic carbocycles. The maximum Gasteiger partial charge on any atom is 0.267 e. The number of aromatic nitrogens is 2. The van der Waals surface area contributed by atoms with E-state index < -0.39 is 0 Å². The van der Waals surface area contributed by atoms with Crippen molar-refractivity contribution in [1.29, 1.82) is 0 Å². The van der Waals surface area contributed by atoms with Gasteiger partial charge < -0.3 is 0 Å². The molecule has 2 aromatic rings. The second-order valence-electron chi connectivity index (χ2n) is 3.66. The van der Waals surface area contributed by atoms with Gasteiger partial charge in [0.1, 0.15) is 0 Å². The van der Waals surface area contributed by atoms with Crippen LogP contribution in [0.1, 0.15) is 28.6 Å². The minimum absolute atomic E-state index is 0.115. The van der Waals surface area contributed by atoms with Crippen LogP contribution in [0.5, 0.6) is 0 Å². The number of nitrogens with zero attached hydrogens (tertiary/aromatic N) is 2. The molecule has 0 aliphatic rings. The lowest BCUT2D eigenvalue weighted by Crippen LogP contribution is -2.09. The minimum atomic E-state index is -0.115. The van der Waals surface area contributed by atoms with Crippen molar-refractivity contribution in [2.45, 2.75) is 24.6 Å². The van der Waals surface area contributed by atoms with Crippen molar-refractivity contribution in [3.63, 3.8) is 0 Å². The van der Waals surface area contributed by atoms with Crippen LogP contribution >= 0.6 is 34.4 Å². The molecule has 0 saturated carbocycles. The highest BCUT2D eigenvalue weighted by Crippen LogP contribution is 2.26. The normalized spacial score (nSPS) is 10.6. The van der Waals surface area contributed by atoms with Crippen molar-refractivity contribution in [3.8, 4) is 0 Å². The predicted molar refractivity (Wildman–Crippen MR) is 77.9 cm³/mol. The fourth-order valence-electron chi connectivity index (χ4n) is 1.22. The molecule has 0 atom stereocenters. The summed E-state index contributed by atoms with van der Waals surface area (Å²) in [6.07, 6.45) is 1.10. The van der Waals surface area contributed by atoms with Gasteiger partial charge in [0.05, 0.1) is 4.88 Å². The molecule has 0 radical (unpaired) electrons. The van der Waals surface area contributed by atoms with Crippen LogP contribution in [0.4, 0.5) is 5.13 Å². The molecule has 18 heavy (non-hydrogen) atoms. The van der Waals surface area contributed by atoms with Crippen molar-refractivity contribution in [1.82, 2.24) is 10.2 Å². The van der Waals surface area contributed by atoms with Crippen LogP contribution in [0, 0.1) is 6.92 Å². The van der Waals surface area contributed by atoms with Gasteiger partial charge in [-0.2, -0.15) is 0 Å². The summed E-state index contributed by atoms with van der Waals surface area (Å²) in [5.41, 5.74) is 1.10. The van der Waals surface area contributed by atoms with E-state index in [1.54, 1.807) is 11.8 Å². The van der Waals surface area contributed by atoms with E-state index in [1.807, 2.05) is 18.4 Å². The largest absolute Gasteiger partial charge is 0.296 e. The van der Waals surface area contributed by atoms with E-state index in [-0.39, 0.29) is 5.91 Å². The number of thiophene rings is 1. The van der Waals surface area contributed by atoms with Gasteiger partial charge in [0.2, 0.25) is 5.13 Å². The van der Waals surface area contributed by atoms with Crippen molar-refractivity contribution in [2.75, 3.05) is 11.1 Å². The van der Waals surface area contributed by atoms with E-state index in [1.165, 1.54) is 22.7 Å². The molecular formula is C11H13N3OS3. The number of hydrogen-bond donors (Lipinski definition) is 1. The van der Waals surface area contributed by atoms with Gasteiger partial charge >= 0.3 is 0 Å². The molecule has 0 spiro atoms. The van der Waals surface area contributed by atoms with E-state index >= 15 is 0 Å². The molecule has 2 rings (SSSR count). The van der Waals surface area contributed by atoms with Crippen LogP contribution in [0.15, 0.2) is 15.8 Å². The van der Waals surface area contributed by atoms with Gasteiger partial charge in [0, 0.05) is 5.75 Å². The first-order valence-corrected chi connectivity index (χ1v) is 8.20. The summed E-state index contributed by atoms with van der Waals surface area (Å²) in [5, 5.41) is 13.3. The van der Waals surface area contributed by atoms with Gasteiger partial charge in [0.25, 0.3) is 5.91 Å². The summed E-state index contributed by atoms with van der Waals surface area (Å²) < 4.78 is 0.898. The summed E-state index contributed by atoms with van der Waals surface area (Å²) in [5.74, 6) is 0.906. The van der Waals surface area contributed by atoms with Crippen LogP contribution in [0.25, 0.3) is 0 Å². The van der Waals surface area contributed by atoms with Crippen LogP contribution in [0.3, 0.4) is 0 Å². The molecule has 0 bridgehead atoms. The lowest BCUT2D eigenvalue weighted by Gasteiger charge is -1.96. The first-order chi connectivity index (χ1) is 8.69. The van der Waals surface area contributed by atoms with Crippen molar-refractivity contribution in [2.24, 2.45) is 0 Å². The Morgan fingerprint density at radius 1 is 1.50 bits per heavy atom. The van der Waals surface area contributed by atoms with E-state index in [4.69, 9.17) is 0 Å². The molecule has 2 aromatic heterocycles. The van der Waals surface area contributed by atoms with Gasteiger partial charge in [-0.05, 0) is 30.4 Å². The highest BCUT2D eigenvalue weighted by Gasteiger charge is 2.11. The quantitative estimate of drug-likeness (QED) is 0.676. The molecular weight excluding hydrogens is 286 g/mol. The fourth-order valence-corrected chi connectivity index (χ4v) is 3.68. The monoisotopic (exact) mass is 299 g/mol. The minimum Gasteiger partial charge on any atom is -0.296 e. The maximum absolute atomic E-state index is 11.9. The third-order valence-electron chi connectivity index (χ3n) is 2.01. The number of carbonyl (C=O) groups excluding carboxylic acids is 1. The van der Waals surface area contributed by atoms with Crippen LogP contribution in [-0.4, -0.2) is 21.9 Å². The van der Waals surface area contributed by atoms with Crippen LogP contribution in [0.2, 0.25) is 0 Å². The Morgan fingerprint density at radius 2 is 2.33 bits per heavy atom. The summed E-state index contributed by atoms with van der Waals surface area (Å²) in [4.78, 5) is 12.6. The molecule has 2 heterocycles. The Morgan fingerprint density at radius 3 is 3.00 bits per heavy atom. The van der Waals surface area contributed by atoms with Gasteiger partial charge in [-0.1, -0.05) is 30.0 Å². The zero-order chi connectivity index (χ0) is 13.0. The van der Waals surface area contributed by atoms with Crippen molar-refractivity contribution in [3.05, 3.63) is 21.9 Å². The summed E-state index contributed by atoms with van der Waals surface area (Å²) in [7, 11) is 0. The van der Waals surface area contributed by atoms with Gasteiger partial charge in [-0.15, -0.1) is 21.5 Å². The molecule has 4 nitrogen and oxygen atoms in total. The zero-order valence-electron chi connectivity index (χ0n) is 10.1.